The minimum atomic E-state index is 0.668. The van der Waals surface area contributed by atoms with E-state index in [0.29, 0.717) is 6.04 Å². The standard InChI is InChI=1S/C19H37N2Se/c1-2-3-4-5-6-7-8-9-10-14-17-20-19(22)21-18-15-12-11-13-16-18/h18H,2-17H2,1H3,(H,20,21). The first kappa shape index (κ1) is 20.0. The molecule has 0 atom stereocenters. The average Bonchev–Trinajstić information content (AvgIpc) is 2.53. The molecule has 129 valence electrons. The topological polar surface area (TPSA) is 24.4 Å². The van der Waals surface area contributed by atoms with Crippen molar-refractivity contribution < 1.29 is 0 Å². The quantitative estimate of drug-likeness (QED) is 0.212. The summed E-state index contributed by atoms with van der Waals surface area (Å²) in [7, 11) is 0. The number of amidine groups is 1. The molecule has 2 nitrogen and oxygen atoms in total. The van der Waals surface area contributed by atoms with E-state index in [1.807, 2.05) is 0 Å². The minimum absolute atomic E-state index is 0.668. The van der Waals surface area contributed by atoms with E-state index in [9.17, 15) is 0 Å². The fourth-order valence-corrected chi connectivity index (χ4v) is 3.79. The van der Waals surface area contributed by atoms with Crippen LogP contribution in [0.1, 0.15) is 103 Å². The molecular formula is C19H37N2Se. The van der Waals surface area contributed by atoms with E-state index in [4.69, 9.17) is 0 Å². The summed E-state index contributed by atoms with van der Waals surface area (Å²) < 4.78 is 1.04. The summed E-state index contributed by atoms with van der Waals surface area (Å²) in [6, 6.07) is 0.668. The summed E-state index contributed by atoms with van der Waals surface area (Å²) in [6.45, 7) is 3.27. The van der Waals surface area contributed by atoms with Gasteiger partial charge in [-0.15, -0.1) is 0 Å². The summed E-state index contributed by atoms with van der Waals surface area (Å²) in [5, 5.41) is 3.55. The van der Waals surface area contributed by atoms with E-state index in [-0.39, 0.29) is 0 Å². The Bertz CT molecular complexity index is 273. The van der Waals surface area contributed by atoms with Crippen molar-refractivity contribution in [2.24, 2.45) is 4.99 Å². The van der Waals surface area contributed by atoms with Crippen molar-refractivity contribution in [1.29, 1.82) is 0 Å². The Hall–Kier alpha value is -0.0105. The van der Waals surface area contributed by atoms with Gasteiger partial charge in [-0.05, 0) is 0 Å². The van der Waals surface area contributed by atoms with Crippen molar-refractivity contribution in [3.63, 3.8) is 0 Å². The van der Waals surface area contributed by atoms with Gasteiger partial charge < -0.3 is 0 Å². The van der Waals surface area contributed by atoms with Crippen LogP contribution in [0, 0.1) is 0 Å². The van der Waals surface area contributed by atoms with Gasteiger partial charge in [0.25, 0.3) is 0 Å². The van der Waals surface area contributed by atoms with E-state index in [0.717, 1.165) is 11.3 Å². The van der Waals surface area contributed by atoms with Crippen LogP contribution < -0.4 is 5.32 Å². The molecule has 0 aromatic heterocycles. The van der Waals surface area contributed by atoms with E-state index in [1.54, 1.807) is 0 Å². The Morgan fingerprint density at radius 2 is 1.41 bits per heavy atom. The molecule has 1 fully saturated rings. The Morgan fingerprint density at radius 3 is 2.00 bits per heavy atom. The van der Waals surface area contributed by atoms with Gasteiger partial charge in [0.15, 0.2) is 0 Å². The van der Waals surface area contributed by atoms with Crippen molar-refractivity contribution in [3.05, 3.63) is 0 Å². The predicted molar refractivity (Wildman–Crippen MR) is 99.9 cm³/mol. The third-order valence-electron chi connectivity index (χ3n) is 4.70. The summed E-state index contributed by atoms with van der Waals surface area (Å²) in [5.41, 5.74) is 0. The second-order valence-electron chi connectivity index (χ2n) is 6.85. The molecule has 1 aliphatic rings. The molecule has 0 heterocycles. The van der Waals surface area contributed by atoms with Gasteiger partial charge in [-0.3, -0.25) is 0 Å². The van der Waals surface area contributed by atoms with Crippen molar-refractivity contribution in [1.82, 2.24) is 5.32 Å². The van der Waals surface area contributed by atoms with Crippen LogP contribution in [0.3, 0.4) is 0 Å². The molecule has 0 bridgehead atoms. The molecule has 0 spiro atoms. The summed E-state index contributed by atoms with van der Waals surface area (Å²) in [5.74, 6) is 0. The molecule has 3 heteroatoms. The van der Waals surface area contributed by atoms with Crippen molar-refractivity contribution in [3.8, 4) is 0 Å². The predicted octanol–water partition coefficient (Wildman–Crippen LogP) is 5.35. The molecule has 0 aliphatic heterocycles. The molecule has 1 saturated carbocycles. The Labute approximate surface area is 147 Å². The first-order valence-corrected chi connectivity index (χ1v) is 10.7. The van der Waals surface area contributed by atoms with Gasteiger partial charge in [0.05, 0.1) is 0 Å². The van der Waals surface area contributed by atoms with Gasteiger partial charge >= 0.3 is 134 Å². The molecule has 0 saturated heterocycles. The number of aliphatic imine (C=N–C) groups is 1. The third-order valence-corrected chi connectivity index (χ3v) is 5.22. The molecule has 1 aliphatic carbocycles. The fraction of sp³-hybridized carbons (Fsp3) is 0.947. The van der Waals surface area contributed by atoms with Crippen LogP contribution in [0.25, 0.3) is 0 Å². The number of nitrogens with one attached hydrogen (secondary N) is 1. The molecule has 0 unspecified atom stereocenters. The first-order chi connectivity index (χ1) is 10.8. The van der Waals surface area contributed by atoms with Crippen LogP contribution in [0.2, 0.25) is 0 Å². The van der Waals surface area contributed by atoms with Crippen LogP contribution in [-0.2, 0) is 0 Å². The Balaban J connectivity index is 1.86. The van der Waals surface area contributed by atoms with Crippen LogP contribution in [0.5, 0.6) is 0 Å². The van der Waals surface area contributed by atoms with Crippen LogP contribution >= 0.6 is 0 Å². The Kier molecular flexibility index (Phi) is 13.3. The van der Waals surface area contributed by atoms with Crippen molar-refractivity contribution in [2.45, 2.75) is 109 Å². The summed E-state index contributed by atoms with van der Waals surface area (Å²) in [6.07, 6.45) is 20.7. The molecule has 1 radical (unpaired) electrons. The number of hydrogen-bond donors (Lipinski definition) is 1. The van der Waals surface area contributed by atoms with Gasteiger partial charge in [0.2, 0.25) is 0 Å². The molecule has 1 rings (SSSR count). The molecule has 22 heavy (non-hydrogen) atoms. The number of unbranched alkanes of at least 4 members (excludes halogenated alkanes) is 9. The van der Waals surface area contributed by atoms with E-state index >= 15 is 0 Å². The zero-order valence-electron chi connectivity index (χ0n) is 14.7. The van der Waals surface area contributed by atoms with Gasteiger partial charge in [-0.25, -0.2) is 0 Å². The van der Waals surface area contributed by atoms with E-state index in [1.165, 1.54) is 96.3 Å². The first-order valence-electron chi connectivity index (χ1n) is 9.81. The fourth-order valence-electron chi connectivity index (χ4n) is 3.25. The second kappa shape index (κ2) is 14.6. The van der Waals surface area contributed by atoms with Gasteiger partial charge in [0, 0.05) is 0 Å². The van der Waals surface area contributed by atoms with Crippen LogP contribution in [0.15, 0.2) is 4.99 Å². The van der Waals surface area contributed by atoms with Gasteiger partial charge in [-0.2, -0.15) is 0 Å². The average molecular weight is 372 g/mol. The third kappa shape index (κ3) is 11.5. The second-order valence-corrected chi connectivity index (χ2v) is 7.66. The van der Waals surface area contributed by atoms with E-state index < -0.39 is 0 Å². The molecule has 0 aromatic carbocycles. The molecule has 1 N–H and O–H groups in total. The van der Waals surface area contributed by atoms with Gasteiger partial charge in [-0.1, -0.05) is 13.3 Å². The van der Waals surface area contributed by atoms with E-state index in [2.05, 4.69) is 33.2 Å². The Morgan fingerprint density at radius 1 is 0.864 bits per heavy atom. The summed E-state index contributed by atoms with van der Waals surface area (Å²) >= 11 is 3.10. The normalized spacial score (nSPS) is 16.9. The zero-order valence-corrected chi connectivity index (χ0v) is 16.5. The zero-order chi connectivity index (χ0) is 15.9. The van der Waals surface area contributed by atoms with Gasteiger partial charge in [0.1, 0.15) is 0 Å². The molecule has 0 aromatic rings. The number of rotatable bonds is 12. The maximum atomic E-state index is 4.64. The van der Waals surface area contributed by atoms with Crippen LogP contribution in [0.4, 0.5) is 0 Å². The monoisotopic (exact) mass is 373 g/mol. The molecular weight excluding hydrogens is 335 g/mol. The van der Waals surface area contributed by atoms with Crippen molar-refractivity contribution in [2.75, 3.05) is 6.54 Å². The molecule has 0 amide bonds. The summed E-state index contributed by atoms with van der Waals surface area (Å²) in [4.78, 5) is 4.64. The van der Waals surface area contributed by atoms with Crippen molar-refractivity contribution >= 4 is 20.7 Å². The van der Waals surface area contributed by atoms with Crippen LogP contribution in [-0.4, -0.2) is 33.3 Å². The number of hydrogen-bond acceptors (Lipinski definition) is 1. The maximum absolute atomic E-state index is 4.64. The number of nitrogens with zero attached hydrogens (tertiary/aromatic N) is 1. The SMILES string of the molecule is CCCCCCCCCCCCN=C([Se])NC1CCCCC1.